The van der Waals surface area contributed by atoms with Crippen molar-refractivity contribution in [2.75, 3.05) is 33.0 Å². The number of fused-ring (bicyclic) bond motifs is 2. The van der Waals surface area contributed by atoms with E-state index in [-0.39, 0.29) is 12.7 Å². The van der Waals surface area contributed by atoms with Gasteiger partial charge in [-0.05, 0) is 30.3 Å². The highest BCUT2D eigenvalue weighted by molar-refractivity contribution is 5.95. The molecule has 0 bridgehead atoms. The first-order valence-corrected chi connectivity index (χ1v) is 10.6. The monoisotopic (exact) mass is 407 g/mol. The number of carbonyl (C=O) groups is 1. The fraction of sp³-hybridized carbons (Fsp3) is 0.391. The number of aryl methyl sites for hydroxylation is 1. The lowest BCUT2D eigenvalue weighted by Crippen LogP contribution is -3.10. The Hall–Kier alpha value is -3.06. The van der Waals surface area contributed by atoms with Crippen molar-refractivity contribution < 1.29 is 19.2 Å². The Bertz CT molecular complexity index is 1070. The van der Waals surface area contributed by atoms with Gasteiger partial charge in [0.2, 0.25) is 6.79 Å². The van der Waals surface area contributed by atoms with Crippen molar-refractivity contribution in [2.24, 2.45) is 7.05 Å². The van der Waals surface area contributed by atoms with E-state index in [1.165, 1.54) is 25.9 Å². The third-order valence-electron chi connectivity index (χ3n) is 6.16. The number of para-hydroxylation sites is 2. The quantitative estimate of drug-likeness (QED) is 0.675. The van der Waals surface area contributed by atoms with Crippen molar-refractivity contribution >= 4 is 16.9 Å². The number of amides is 1. The molecule has 1 amide bonds. The predicted molar refractivity (Wildman–Crippen MR) is 113 cm³/mol. The second-order valence-electron chi connectivity index (χ2n) is 8.08. The van der Waals surface area contributed by atoms with Crippen LogP contribution in [0.15, 0.2) is 42.5 Å². The van der Waals surface area contributed by atoms with E-state index in [9.17, 15) is 4.79 Å². The van der Waals surface area contributed by atoms with Crippen LogP contribution in [0.3, 0.4) is 0 Å². The molecule has 7 heteroatoms. The molecule has 30 heavy (non-hydrogen) atoms. The van der Waals surface area contributed by atoms with Crippen LogP contribution in [0.1, 0.15) is 29.0 Å². The van der Waals surface area contributed by atoms with E-state index in [0.717, 1.165) is 23.4 Å². The van der Waals surface area contributed by atoms with Gasteiger partial charge in [0.1, 0.15) is 5.82 Å². The van der Waals surface area contributed by atoms with Crippen LogP contribution in [0.25, 0.3) is 11.0 Å². The Labute approximate surface area is 175 Å². The van der Waals surface area contributed by atoms with Gasteiger partial charge in [0.25, 0.3) is 5.91 Å². The molecule has 0 saturated carbocycles. The minimum atomic E-state index is -0.000969. The Morgan fingerprint density at radius 1 is 1.13 bits per heavy atom. The molecule has 0 radical (unpaired) electrons. The van der Waals surface area contributed by atoms with Gasteiger partial charge in [0.15, 0.2) is 11.5 Å². The topological polar surface area (TPSA) is 61.0 Å². The molecule has 2 aliphatic heterocycles. The van der Waals surface area contributed by atoms with E-state index in [2.05, 4.69) is 10.6 Å². The maximum atomic E-state index is 13.5. The minimum absolute atomic E-state index is 0.000969. The van der Waals surface area contributed by atoms with Gasteiger partial charge in [0.05, 0.1) is 43.8 Å². The molecule has 1 N–H and O–H groups in total. The number of rotatable bonds is 6. The second kappa shape index (κ2) is 7.99. The third kappa shape index (κ3) is 3.61. The Morgan fingerprint density at radius 2 is 1.93 bits per heavy atom. The number of hydrogen-bond acceptors (Lipinski definition) is 4. The summed E-state index contributed by atoms with van der Waals surface area (Å²) < 4.78 is 12.9. The van der Waals surface area contributed by atoms with Crippen LogP contribution in [0.2, 0.25) is 0 Å². The predicted octanol–water partition coefficient (Wildman–Crippen LogP) is 1.62. The molecule has 3 heterocycles. The minimum Gasteiger partial charge on any atom is -0.454 e. The van der Waals surface area contributed by atoms with Crippen molar-refractivity contribution in [1.82, 2.24) is 14.5 Å². The van der Waals surface area contributed by atoms with Gasteiger partial charge in [-0.15, -0.1) is 0 Å². The van der Waals surface area contributed by atoms with Crippen LogP contribution in [0, 0.1) is 0 Å². The van der Waals surface area contributed by atoms with Gasteiger partial charge >= 0.3 is 0 Å². The molecule has 1 saturated heterocycles. The third-order valence-corrected chi connectivity index (χ3v) is 6.16. The molecule has 156 valence electrons. The molecule has 2 aliphatic rings. The summed E-state index contributed by atoms with van der Waals surface area (Å²) in [5, 5.41) is 0. The fourth-order valence-electron chi connectivity index (χ4n) is 4.39. The number of benzene rings is 2. The highest BCUT2D eigenvalue weighted by Gasteiger charge is 2.24. The Morgan fingerprint density at radius 3 is 2.77 bits per heavy atom. The lowest BCUT2D eigenvalue weighted by atomic mass is 10.1. The molecule has 0 spiro atoms. The zero-order chi connectivity index (χ0) is 20.5. The molecular formula is C23H27N4O3+. The summed E-state index contributed by atoms with van der Waals surface area (Å²) in [5.41, 5.74) is 2.65. The lowest BCUT2D eigenvalue weighted by molar-refractivity contribution is -0.886. The highest BCUT2D eigenvalue weighted by Crippen LogP contribution is 2.33. The van der Waals surface area contributed by atoms with E-state index in [4.69, 9.17) is 14.5 Å². The lowest BCUT2D eigenvalue weighted by Gasteiger charge is -2.24. The first-order valence-electron chi connectivity index (χ1n) is 10.6. The number of ether oxygens (including phenoxy) is 2. The summed E-state index contributed by atoms with van der Waals surface area (Å²) in [6.07, 6.45) is 2.55. The van der Waals surface area contributed by atoms with Crippen LogP contribution >= 0.6 is 0 Å². The number of nitrogens with zero attached hydrogens (tertiary/aromatic N) is 3. The fourth-order valence-corrected chi connectivity index (χ4v) is 4.39. The van der Waals surface area contributed by atoms with E-state index in [0.29, 0.717) is 30.2 Å². The number of aromatic nitrogens is 2. The largest absolute Gasteiger partial charge is 0.454 e. The second-order valence-corrected chi connectivity index (χ2v) is 8.08. The van der Waals surface area contributed by atoms with Gasteiger partial charge in [-0.25, -0.2) is 4.98 Å². The van der Waals surface area contributed by atoms with Gasteiger partial charge < -0.3 is 23.8 Å². The van der Waals surface area contributed by atoms with Gasteiger partial charge in [-0.2, -0.15) is 0 Å². The van der Waals surface area contributed by atoms with Crippen LogP contribution in [-0.4, -0.2) is 53.3 Å². The average Bonchev–Trinajstić information content (AvgIpc) is 3.51. The molecule has 5 rings (SSSR count). The number of nitrogens with one attached hydrogen (secondary N) is 1. The summed E-state index contributed by atoms with van der Waals surface area (Å²) >= 11 is 0. The van der Waals surface area contributed by atoms with E-state index in [1.807, 2.05) is 42.3 Å². The number of carbonyl (C=O) groups excluding carboxylic acids is 1. The van der Waals surface area contributed by atoms with Gasteiger partial charge in [0, 0.05) is 25.5 Å². The maximum Gasteiger partial charge on any atom is 0.254 e. The first kappa shape index (κ1) is 18.9. The zero-order valence-electron chi connectivity index (χ0n) is 17.3. The summed E-state index contributed by atoms with van der Waals surface area (Å²) in [4.78, 5) is 21.7. The molecule has 1 fully saturated rings. The van der Waals surface area contributed by atoms with Crippen molar-refractivity contribution in [1.29, 1.82) is 0 Å². The molecule has 0 atom stereocenters. The first-order chi connectivity index (χ1) is 14.7. The number of likely N-dealkylation sites (tertiary alicyclic amines) is 1. The van der Waals surface area contributed by atoms with Crippen LogP contribution in [0.5, 0.6) is 11.5 Å². The smallest absolute Gasteiger partial charge is 0.254 e. The molecular weight excluding hydrogens is 380 g/mol. The van der Waals surface area contributed by atoms with Crippen LogP contribution in [0.4, 0.5) is 0 Å². The summed E-state index contributed by atoms with van der Waals surface area (Å²) in [6, 6.07) is 13.5. The van der Waals surface area contributed by atoms with Gasteiger partial charge in [-0.1, -0.05) is 12.1 Å². The molecule has 7 nitrogen and oxygen atoms in total. The number of quaternary nitrogens is 1. The molecule has 2 aromatic carbocycles. The SMILES string of the molecule is Cn1c(CN(CC[NH+]2CCCC2)C(=O)c2ccc3c(c2)OCO3)nc2ccccc21. The molecule has 3 aromatic rings. The Balaban J connectivity index is 1.41. The molecule has 0 unspecified atom stereocenters. The molecule has 0 aliphatic carbocycles. The zero-order valence-corrected chi connectivity index (χ0v) is 17.3. The summed E-state index contributed by atoms with van der Waals surface area (Å²) in [6.45, 7) is 4.73. The highest BCUT2D eigenvalue weighted by atomic mass is 16.7. The van der Waals surface area contributed by atoms with Crippen molar-refractivity contribution in [3.8, 4) is 11.5 Å². The van der Waals surface area contributed by atoms with E-state index in [1.54, 1.807) is 11.0 Å². The standard InChI is InChI=1S/C23H26N4O3/c1-25-19-7-3-2-6-18(19)24-22(25)15-27(13-12-26-10-4-5-11-26)23(28)17-8-9-20-21(14-17)30-16-29-20/h2-3,6-9,14H,4-5,10-13,15-16H2,1H3/p+1. The Kier molecular flexibility index (Phi) is 5.04. The maximum absolute atomic E-state index is 13.5. The van der Waals surface area contributed by atoms with Crippen molar-refractivity contribution in [3.63, 3.8) is 0 Å². The number of imidazole rings is 1. The van der Waals surface area contributed by atoms with Crippen LogP contribution in [-0.2, 0) is 13.6 Å². The molecule has 1 aromatic heterocycles. The number of hydrogen-bond donors (Lipinski definition) is 1. The van der Waals surface area contributed by atoms with Crippen molar-refractivity contribution in [2.45, 2.75) is 19.4 Å². The van der Waals surface area contributed by atoms with Crippen LogP contribution < -0.4 is 14.4 Å². The van der Waals surface area contributed by atoms with Crippen molar-refractivity contribution in [3.05, 3.63) is 53.9 Å². The summed E-state index contributed by atoms with van der Waals surface area (Å²) in [7, 11) is 2.01. The van der Waals surface area contributed by atoms with E-state index < -0.39 is 0 Å². The normalized spacial score (nSPS) is 15.8. The summed E-state index contributed by atoms with van der Waals surface area (Å²) in [5.74, 6) is 2.21. The average molecular weight is 407 g/mol. The van der Waals surface area contributed by atoms with E-state index >= 15 is 0 Å². The van der Waals surface area contributed by atoms with Gasteiger partial charge in [-0.3, -0.25) is 4.79 Å².